The molecule has 94 valence electrons. The fourth-order valence-electron chi connectivity index (χ4n) is 1.69. The molecule has 2 nitrogen and oxygen atoms in total. The first kappa shape index (κ1) is 13.2. The maximum absolute atomic E-state index is 13.1. The predicted molar refractivity (Wildman–Crippen MR) is 73.6 cm³/mol. The van der Waals surface area contributed by atoms with Gasteiger partial charge in [-0.15, -0.1) is 0 Å². The quantitative estimate of drug-likeness (QED) is 0.928. The van der Waals surface area contributed by atoms with E-state index in [4.69, 9.17) is 0 Å². The lowest BCUT2D eigenvalue weighted by molar-refractivity contribution is 0.571. The van der Waals surface area contributed by atoms with Crippen molar-refractivity contribution >= 4 is 15.9 Å². The summed E-state index contributed by atoms with van der Waals surface area (Å²) in [5.41, 5.74) is 2.23. The van der Waals surface area contributed by atoms with Crippen LogP contribution in [0.2, 0.25) is 0 Å². The zero-order chi connectivity index (χ0) is 13.0. The third kappa shape index (κ3) is 3.37. The number of aromatic nitrogens is 1. The van der Waals surface area contributed by atoms with Gasteiger partial charge < -0.3 is 5.32 Å². The first-order valence-corrected chi connectivity index (χ1v) is 6.53. The van der Waals surface area contributed by atoms with E-state index in [0.717, 1.165) is 5.56 Å². The highest BCUT2D eigenvalue weighted by molar-refractivity contribution is 9.10. The van der Waals surface area contributed by atoms with Crippen molar-refractivity contribution in [2.75, 3.05) is 0 Å². The molecule has 1 N–H and O–H groups in total. The van der Waals surface area contributed by atoms with E-state index in [2.05, 4.69) is 33.2 Å². The Morgan fingerprint density at radius 2 is 2.00 bits per heavy atom. The van der Waals surface area contributed by atoms with Crippen molar-refractivity contribution < 1.29 is 4.39 Å². The van der Waals surface area contributed by atoms with Crippen molar-refractivity contribution in [3.63, 3.8) is 0 Å². The van der Waals surface area contributed by atoms with Crippen LogP contribution in [0.3, 0.4) is 0 Å². The largest absolute Gasteiger partial charge is 0.306 e. The molecule has 18 heavy (non-hydrogen) atoms. The molecule has 0 bridgehead atoms. The predicted octanol–water partition coefficient (Wildman–Crippen LogP) is 3.83. The van der Waals surface area contributed by atoms with E-state index in [9.17, 15) is 4.39 Å². The molecule has 0 aliphatic carbocycles. The zero-order valence-electron chi connectivity index (χ0n) is 10.0. The first-order chi connectivity index (χ1) is 8.66. The smallest absolute Gasteiger partial charge is 0.137 e. The van der Waals surface area contributed by atoms with E-state index in [-0.39, 0.29) is 11.9 Å². The molecule has 0 saturated carbocycles. The van der Waals surface area contributed by atoms with Crippen molar-refractivity contribution in [1.29, 1.82) is 0 Å². The molecule has 0 saturated heterocycles. The van der Waals surface area contributed by atoms with E-state index in [1.807, 2.05) is 12.1 Å². The Labute approximate surface area is 114 Å². The molecule has 0 fully saturated rings. The Hall–Kier alpha value is -1.26. The molecule has 1 heterocycles. The highest BCUT2D eigenvalue weighted by Crippen LogP contribution is 2.18. The summed E-state index contributed by atoms with van der Waals surface area (Å²) in [5.74, 6) is -0.235. The van der Waals surface area contributed by atoms with Crippen LogP contribution in [-0.4, -0.2) is 4.98 Å². The van der Waals surface area contributed by atoms with Crippen molar-refractivity contribution in [2.24, 2.45) is 0 Å². The van der Waals surface area contributed by atoms with Gasteiger partial charge in [-0.25, -0.2) is 4.39 Å². The molecule has 2 rings (SSSR count). The Morgan fingerprint density at radius 1 is 1.28 bits per heavy atom. The molecule has 0 radical (unpaired) electrons. The van der Waals surface area contributed by atoms with Crippen molar-refractivity contribution in [3.05, 3.63) is 64.1 Å². The lowest BCUT2D eigenvalue weighted by Crippen LogP contribution is -2.18. The second-order valence-electron chi connectivity index (χ2n) is 4.13. The molecule has 0 amide bonds. The molecule has 0 aliphatic rings. The fraction of sp³-hybridized carbons (Fsp3) is 0.214. The number of nitrogens with zero attached hydrogens (tertiary/aromatic N) is 1. The van der Waals surface area contributed by atoms with Crippen LogP contribution < -0.4 is 5.32 Å². The molecule has 1 aromatic heterocycles. The van der Waals surface area contributed by atoms with Crippen LogP contribution >= 0.6 is 15.9 Å². The van der Waals surface area contributed by atoms with Crippen molar-refractivity contribution in [3.8, 4) is 0 Å². The summed E-state index contributed by atoms with van der Waals surface area (Å²) in [5, 5.41) is 3.39. The number of rotatable bonds is 4. The van der Waals surface area contributed by atoms with E-state index in [1.165, 1.54) is 11.6 Å². The maximum atomic E-state index is 13.1. The summed E-state index contributed by atoms with van der Waals surface area (Å²) in [6.45, 7) is 2.79. The molecule has 0 aliphatic heterocycles. The summed E-state index contributed by atoms with van der Waals surface area (Å²) in [4.78, 5) is 3.99. The van der Waals surface area contributed by atoms with Crippen LogP contribution in [-0.2, 0) is 6.54 Å². The second kappa shape index (κ2) is 6.07. The minimum Gasteiger partial charge on any atom is -0.306 e. The highest BCUT2D eigenvalue weighted by atomic mass is 79.9. The van der Waals surface area contributed by atoms with Gasteiger partial charge in [-0.05, 0) is 58.2 Å². The van der Waals surface area contributed by atoms with Gasteiger partial charge in [-0.3, -0.25) is 4.98 Å². The van der Waals surface area contributed by atoms with E-state index in [0.29, 0.717) is 11.0 Å². The summed E-state index contributed by atoms with van der Waals surface area (Å²) >= 11 is 3.19. The number of hydrogen-bond donors (Lipinski definition) is 1. The van der Waals surface area contributed by atoms with Gasteiger partial charge in [-0.1, -0.05) is 6.07 Å². The lowest BCUT2D eigenvalue weighted by atomic mass is 10.1. The zero-order valence-corrected chi connectivity index (χ0v) is 11.6. The molecule has 1 aromatic carbocycles. The third-order valence-electron chi connectivity index (χ3n) is 2.80. The Morgan fingerprint density at radius 3 is 2.67 bits per heavy atom. The lowest BCUT2D eigenvalue weighted by Gasteiger charge is -2.14. The summed E-state index contributed by atoms with van der Waals surface area (Å²) < 4.78 is 13.6. The molecule has 0 unspecified atom stereocenters. The van der Waals surface area contributed by atoms with E-state index < -0.39 is 0 Å². The minimum absolute atomic E-state index is 0.233. The van der Waals surface area contributed by atoms with Crippen LogP contribution in [0.25, 0.3) is 0 Å². The van der Waals surface area contributed by atoms with Gasteiger partial charge in [0.15, 0.2) is 0 Å². The second-order valence-corrected chi connectivity index (χ2v) is 4.99. The van der Waals surface area contributed by atoms with Crippen LogP contribution in [0.1, 0.15) is 24.1 Å². The average molecular weight is 309 g/mol. The highest BCUT2D eigenvalue weighted by Gasteiger charge is 2.05. The van der Waals surface area contributed by atoms with Crippen molar-refractivity contribution in [2.45, 2.75) is 19.5 Å². The van der Waals surface area contributed by atoms with E-state index >= 15 is 0 Å². The number of nitrogens with one attached hydrogen (secondary N) is 1. The molecule has 2 aromatic rings. The molecule has 1 atom stereocenters. The Bertz CT molecular complexity index is 516. The summed E-state index contributed by atoms with van der Waals surface area (Å²) in [7, 11) is 0. The van der Waals surface area contributed by atoms with Crippen LogP contribution in [0.15, 0.2) is 47.2 Å². The molecular weight excluding hydrogens is 295 g/mol. The average Bonchev–Trinajstić information content (AvgIpc) is 2.41. The number of hydrogen-bond acceptors (Lipinski definition) is 2. The van der Waals surface area contributed by atoms with Crippen LogP contribution in [0, 0.1) is 5.82 Å². The molecule has 4 heteroatoms. The van der Waals surface area contributed by atoms with Crippen molar-refractivity contribution in [1.82, 2.24) is 10.3 Å². The minimum atomic E-state index is -0.235. The molecule has 0 spiro atoms. The number of halogens is 2. The number of benzene rings is 1. The van der Waals surface area contributed by atoms with E-state index in [1.54, 1.807) is 24.5 Å². The fourth-order valence-corrected chi connectivity index (χ4v) is 2.12. The SMILES string of the molecule is C[C@H](NCc1ccc(F)c(Br)c1)c1ccncc1. The maximum Gasteiger partial charge on any atom is 0.137 e. The van der Waals surface area contributed by atoms with Gasteiger partial charge in [0.2, 0.25) is 0 Å². The summed E-state index contributed by atoms with van der Waals surface area (Å²) in [6.07, 6.45) is 3.56. The first-order valence-electron chi connectivity index (χ1n) is 5.74. The third-order valence-corrected chi connectivity index (χ3v) is 3.41. The monoisotopic (exact) mass is 308 g/mol. The van der Waals surface area contributed by atoms with Gasteiger partial charge in [-0.2, -0.15) is 0 Å². The van der Waals surface area contributed by atoms with Gasteiger partial charge in [0.25, 0.3) is 0 Å². The number of pyridine rings is 1. The van der Waals surface area contributed by atoms with Gasteiger partial charge in [0, 0.05) is 25.0 Å². The van der Waals surface area contributed by atoms with Crippen LogP contribution in [0.4, 0.5) is 4.39 Å². The standard InChI is InChI=1S/C14H14BrFN2/c1-10(12-4-6-17-7-5-12)18-9-11-2-3-14(16)13(15)8-11/h2-8,10,18H,9H2,1H3/t10-/m0/s1. The van der Waals surface area contributed by atoms with Gasteiger partial charge in [0.05, 0.1) is 4.47 Å². The topological polar surface area (TPSA) is 24.9 Å². The Kier molecular flexibility index (Phi) is 4.44. The van der Waals surface area contributed by atoms with Crippen LogP contribution in [0.5, 0.6) is 0 Å². The van der Waals surface area contributed by atoms with Gasteiger partial charge >= 0.3 is 0 Å². The normalized spacial score (nSPS) is 12.4. The van der Waals surface area contributed by atoms with Gasteiger partial charge in [0.1, 0.15) is 5.82 Å². The Balaban J connectivity index is 1.97. The summed E-state index contributed by atoms with van der Waals surface area (Å²) in [6, 6.07) is 9.25. The molecular formula is C14H14BrFN2.